The van der Waals surface area contributed by atoms with Crippen LogP contribution in [-0.2, 0) is 13.5 Å². The van der Waals surface area contributed by atoms with Crippen molar-refractivity contribution in [2.24, 2.45) is 7.05 Å². The fraction of sp³-hybridized carbons (Fsp3) is 0.150. The first-order valence-electron chi connectivity index (χ1n) is 8.43. The van der Waals surface area contributed by atoms with Crippen molar-refractivity contribution >= 4 is 11.3 Å². The molecular formula is C20H17FN4O2. The van der Waals surface area contributed by atoms with E-state index in [0.29, 0.717) is 16.9 Å². The number of Topliss-reactive ketones (excluding diaryl/α,β-unsaturated/α-hetero) is 1. The van der Waals surface area contributed by atoms with E-state index in [9.17, 15) is 9.18 Å². The zero-order valence-corrected chi connectivity index (χ0v) is 14.9. The van der Waals surface area contributed by atoms with Crippen LogP contribution in [0.3, 0.4) is 0 Å². The van der Waals surface area contributed by atoms with Crippen molar-refractivity contribution in [2.75, 3.05) is 0 Å². The minimum atomic E-state index is -0.523. The fourth-order valence-electron chi connectivity index (χ4n) is 2.92. The summed E-state index contributed by atoms with van der Waals surface area (Å²) >= 11 is 0. The molecular weight excluding hydrogens is 347 g/mol. The van der Waals surface area contributed by atoms with Crippen molar-refractivity contribution in [2.45, 2.75) is 13.3 Å². The highest BCUT2D eigenvalue weighted by molar-refractivity contribution is 5.98. The number of benzene rings is 1. The highest BCUT2D eigenvalue weighted by Crippen LogP contribution is 2.28. The van der Waals surface area contributed by atoms with Gasteiger partial charge in [0.05, 0.1) is 18.0 Å². The average molecular weight is 364 g/mol. The summed E-state index contributed by atoms with van der Waals surface area (Å²) in [5.74, 6) is -0.0239. The van der Waals surface area contributed by atoms with Crippen molar-refractivity contribution < 1.29 is 13.9 Å². The Kier molecular flexibility index (Phi) is 4.19. The van der Waals surface area contributed by atoms with Gasteiger partial charge in [-0.15, -0.1) is 0 Å². The number of rotatable bonds is 5. The zero-order valence-electron chi connectivity index (χ0n) is 14.9. The summed E-state index contributed by atoms with van der Waals surface area (Å²) in [5.41, 5.74) is 2.65. The molecule has 0 unspecified atom stereocenters. The molecule has 0 bridgehead atoms. The van der Waals surface area contributed by atoms with E-state index in [1.807, 2.05) is 6.92 Å². The van der Waals surface area contributed by atoms with Gasteiger partial charge in [0.1, 0.15) is 5.52 Å². The minimum Gasteiger partial charge on any atom is -0.452 e. The molecule has 0 aliphatic rings. The first kappa shape index (κ1) is 17.0. The Morgan fingerprint density at radius 1 is 1.19 bits per heavy atom. The van der Waals surface area contributed by atoms with Crippen molar-refractivity contribution in [1.29, 1.82) is 0 Å². The van der Waals surface area contributed by atoms with E-state index in [2.05, 4.69) is 10.2 Å². The summed E-state index contributed by atoms with van der Waals surface area (Å²) in [5, 5.41) is 8.20. The first-order chi connectivity index (χ1) is 13.0. The first-order valence-corrected chi connectivity index (χ1v) is 8.43. The molecule has 0 saturated heterocycles. The van der Waals surface area contributed by atoms with Crippen LogP contribution in [0.4, 0.5) is 4.39 Å². The SMILES string of the molecule is Cc1c(C(=O)Cc2ccc(Oc3cccn4nccc34)c(F)c2)cnn1C. The molecule has 0 aliphatic heterocycles. The molecule has 0 fully saturated rings. The van der Waals surface area contributed by atoms with Gasteiger partial charge < -0.3 is 4.74 Å². The second-order valence-electron chi connectivity index (χ2n) is 6.27. The number of aryl methyl sites for hydroxylation is 1. The molecule has 0 aliphatic carbocycles. The van der Waals surface area contributed by atoms with Crippen molar-refractivity contribution in [3.63, 3.8) is 0 Å². The van der Waals surface area contributed by atoms with E-state index in [4.69, 9.17) is 4.74 Å². The number of hydrogen-bond donors (Lipinski definition) is 0. The predicted molar refractivity (Wildman–Crippen MR) is 97.6 cm³/mol. The number of ketones is 1. The lowest BCUT2D eigenvalue weighted by Crippen LogP contribution is -2.06. The molecule has 0 saturated carbocycles. The summed E-state index contributed by atoms with van der Waals surface area (Å²) in [4.78, 5) is 12.4. The zero-order chi connectivity index (χ0) is 19.0. The molecule has 7 heteroatoms. The third-order valence-corrected chi connectivity index (χ3v) is 4.51. The van der Waals surface area contributed by atoms with Gasteiger partial charge in [0.2, 0.25) is 0 Å². The van der Waals surface area contributed by atoms with Crippen LogP contribution >= 0.6 is 0 Å². The fourth-order valence-corrected chi connectivity index (χ4v) is 2.92. The third-order valence-electron chi connectivity index (χ3n) is 4.51. The number of nitrogens with zero attached hydrogens (tertiary/aromatic N) is 4. The standard InChI is InChI=1S/C20H17FN4O2/c1-13-15(12-23-24(13)2)18(26)11-14-5-6-19(16(21)10-14)27-20-4-3-9-25-17(20)7-8-22-25/h3-10,12H,11H2,1-2H3. The lowest BCUT2D eigenvalue weighted by atomic mass is 10.0. The van der Waals surface area contributed by atoms with Gasteiger partial charge in [0, 0.05) is 25.4 Å². The van der Waals surface area contributed by atoms with Crippen LogP contribution in [0.15, 0.2) is 55.0 Å². The minimum absolute atomic E-state index is 0.0954. The maximum absolute atomic E-state index is 14.5. The van der Waals surface area contributed by atoms with Gasteiger partial charge in [-0.05, 0) is 42.8 Å². The van der Waals surface area contributed by atoms with Gasteiger partial charge in [0.15, 0.2) is 23.1 Å². The molecule has 1 aromatic carbocycles. The van der Waals surface area contributed by atoms with E-state index in [1.54, 1.807) is 52.9 Å². The van der Waals surface area contributed by atoms with Gasteiger partial charge in [-0.1, -0.05) is 6.07 Å². The number of pyridine rings is 1. The quantitative estimate of drug-likeness (QED) is 0.506. The molecule has 0 N–H and O–H groups in total. The lowest BCUT2D eigenvalue weighted by Gasteiger charge is -2.09. The van der Waals surface area contributed by atoms with Crippen LogP contribution in [0.1, 0.15) is 21.6 Å². The predicted octanol–water partition coefficient (Wildman–Crippen LogP) is 3.73. The summed E-state index contributed by atoms with van der Waals surface area (Å²) in [6.07, 6.45) is 5.07. The van der Waals surface area contributed by atoms with E-state index in [1.165, 1.54) is 18.3 Å². The molecule has 136 valence electrons. The van der Waals surface area contributed by atoms with Crippen LogP contribution in [0.5, 0.6) is 11.5 Å². The second-order valence-corrected chi connectivity index (χ2v) is 6.27. The highest BCUT2D eigenvalue weighted by atomic mass is 19.1. The van der Waals surface area contributed by atoms with Crippen LogP contribution < -0.4 is 4.74 Å². The van der Waals surface area contributed by atoms with E-state index >= 15 is 0 Å². The maximum atomic E-state index is 14.5. The summed E-state index contributed by atoms with van der Waals surface area (Å²) in [7, 11) is 1.78. The molecule has 0 spiro atoms. The topological polar surface area (TPSA) is 61.4 Å². The normalized spacial score (nSPS) is 11.1. The molecule has 27 heavy (non-hydrogen) atoms. The van der Waals surface area contributed by atoms with Crippen molar-refractivity contribution in [3.8, 4) is 11.5 Å². The average Bonchev–Trinajstić information content (AvgIpc) is 3.25. The Labute approximate surface area is 154 Å². The second kappa shape index (κ2) is 6.68. The number of fused-ring (bicyclic) bond motifs is 1. The van der Waals surface area contributed by atoms with Crippen LogP contribution in [0.2, 0.25) is 0 Å². The number of ether oxygens (including phenoxy) is 1. The van der Waals surface area contributed by atoms with Crippen LogP contribution in [-0.4, -0.2) is 25.2 Å². The van der Waals surface area contributed by atoms with E-state index in [-0.39, 0.29) is 18.0 Å². The maximum Gasteiger partial charge on any atom is 0.170 e. The Balaban J connectivity index is 1.55. The smallest absolute Gasteiger partial charge is 0.170 e. The monoisotopic (exact) mass is 364 g/mol. The molecule has 0 radical (unpaired) electrons. The Hall–Kier alpha value is -3.48. The largest absolute Gasteiger partial charge is 0.452 e. The van der Waals surface area contributed by atoms with Gasteiger partial charge in [-0.3, -0.25) is 9.48 Å². The summed E-state index contributed by atoms with van der Waals surface area (Å²) in [6, 6.07) is 9.87. The van der Waals surface area contributed by atoms with Crippen molar-refractivity contribution in [1.82, 2.24) is 19.4 Å². The number of aromatic nitrogens is 4. The lowest BCUT2D eigenvalue weighted by molar-refractivity contribution is 0.0992. The molecule has 3 aromatic heterocycles. The molecule has 0 atom stereocenters. The van der Waals surface area contributed by atoms with Gasteiger partial charge >= 0.3 is 0 Å². The third kappa shape index (κ3) is 3.19. The molecule has 4 aromatic rings. The van der Waals surface area contributed by atoms with E-state index in [0.717, 1.165) is 11.2 Å². The number of carbonyl (C=O) groups is 1. The summed E-state index contributed by atoms with van der Waals surface area (Å²) in [6.45, 7) is 1.83. The van der Waals surface area contributed by atoms with Crippen LogP contribution in [0.25, 0.3) is 5.52 Å². The highest BCUT2D eigenvalue weighted by Gasteiger charge is 2.15. The van der Waals surface area contributed by atoms with Crippen LogP contribution in [0, 0.1) is 12.7 Å². The van der Waals surface area contributed by atoms with E-state index < -0.39 is 5.82 Å². The number of halogens is 1. The van der Waals surface area contributed by atoms with Crippen molar-refractivity contribution in [3.05, 3.63) is 77.6 Å². The Morgan fingerprint density at radius 3 is 2.78 bits per heavy atom. The van der Waals surface area contributed by atoms with Gasteiger partial charge in [-0.25, -0.2) is 8.91 Å². The Morgan fingerprint density at radius 2 is 2.04 bits per heavy atom. The number of carbonyl (C=O) groups excluding carboxylic acids is 1. The Bertz CT molecular complexity index is 1150. The van der Waals surface area contributed by atoms with Gasteiger partial charge in [0.25, 0.3) is 0 Å². The molecule has 3 heterocycles. The number of hydrogen-bond acceptors (Lipinski definition) is 4. The molecule has 4 rings (SSSR count). The molecule has 0 amide bonds. The summed E-state index contributed by atoms with van der Waals surface area (Å²) < 4.78 is 23.5. The molecule has 6 nitrogen and oxygen atoms in total. The van der Waals surface area contributed by atoms with Gasteiger partial charge in [-0.2, -0.15) is 10.2 Å².